The predicted octanol–water partition coefficient (Wildman–Crippen LogP) is 5.66. The van der Waals surface area contributed by atoms with Crippen LogP contribution in [0.5, 0.6) is 0 Å². The van der Waals surface area contributed by atoms with Gasteiger partial charge in [0.1, 0.15) is 17.4 Å². The first kappa shape index (κ1) is 24.6. The zero-order chi connectivity index (χ0) is 25.5. The quantitative estimate of drug-likeness (QED) is 0.509. The van der Waals surface area contributed by atoms with E-state index in [0.29, 0.717) is 43.2 Å². The number of aliphatic imine (C=N–C) groups is 1. The number of carbonyl (C=O) groups is 1. The summed E-state index contributed by atoms with van der Waals surface area (Å²) in [6.45, 7) is 10.1. The molecule has 0 bridgehead atoms. The topological polar surface area (TPSA) is 81.9 Å². The molecule has 1 saturated heterocycles. The van der Waals surface area contributed by atoms with Crippen LogP contribution in [0.15, 0.2) is 41.5 Å². The molecule has 2 aliphatic heterocycles. The summed E-state index contributed by atoms with van der Waals surface area (Å²) in [5.74, 6) is -0.847. The van der Waals surface area contributed by atoms with Gasteiger partial charge in [0.05, 0.1) is 22.6 Å². The standard InChI is InChI=1S/C27H26F2N4O2S/c1-26(23-14-27(23,36-25(30)33-26)24(34)13-16-7-9-35-10-8-16)19-11-17(3-5-20(19)28)12-21(29)22-6-4-18(31-2)15-32-22/h3-6,11-12,15-16,23H,7-10,13-14H2,1H3,(H2,30,33)/b21-12-/t23-,26+,27-/m0/s1. The van der Waals surface area contributed by atoms with E-state index in [9.17, 15) is 9.18 Å². The first-order valence-corrected chi connectivity index (χ1v) is 12.7. The molecule has 36 heavy (non-hydrogen) atoms. The first-order chi connectivity index (χ1) is 17.2. The van der Waals surface area contributed by atoms with Gasteiger partial charge in [0.15, 0.2) is 5.17 Å². The van der Waals surface area contributed by atoms with Crippen LogP contribution < -0.4 is 5.73 Å². The van der Waals surface area contributed by atoms with Gasteiger partial charge in [-0.2, -0.15) is 0 Å². The minimum atomic E-state index is -1.04. The fourth-order valence-electron chi connectivity index (χ4n) is 5.36. The molecular formula is C27H26F2N4O2S. The summed E-state index contributed by atoms with van der Waals surface area (Å²) in [6.07, 6.45) is 5.34. The average Bonchev–Trinajstić information content (AvgIpc) is 3.62. The Morgan fingerprint density at radius 2 is 2.11 bits per heavy atom. The number of benzene rings is 1. The Bertz CT molecular complexity index is 1300. The molecule has 186 valence electrons. The predicted molar refractivity (Wildman–Crippen MR) is 136 cm³/mol. The fraction of sp³-hybridized carbons (Fsp3) is 0.407. The number of pyridine rings is 1. The zero-order valence-electron chi connectivity index (χ0n) is 19.8. The van der Waals surface area contributed by atoms with Gasteiger partial charge in [0, 0.05) is 37.3 Å². The molecule has 0 radical (unpaired) electrons. The number of nitrogens with two attached hydrogens (primary N) is 1. The SMILES string of the molecule is [C-]#[N+]c1ccc(/C(F)=C/c2ccc(F)c([C@@]3(C)N=C(N)S[C@@]4(C(=O)CC5CCOCC5)C[C@H]43)c2)nc1. The number of halogens is 2. The van der Waals surface area contributed by atoms with Gasteiger partial charge in [-0.3, -0.25) is 14.8 Å². The van der Waals surface area contributed by atoms with Gasteiger partial charge in [-0.05, 0) is 61.9 Å². The van der Waals surface area contributed by atoms with E-state index < -0.39 is 21.9 Å². The maximum atomic E-state index is 15.2. The lowest BCUT2D eigenvalue weighted by Crippen LogP contribution is -2.40. The van der Waals surface area contributed by atoms with E-state index in [0.717, 1.165) is 12.8 Å². The van der Waals surface area contributed by atoms with Crippen LogP contribution in [-0.2, 0) is 15.1 Å². The molecule has 9 heteroatoms. The van der Waals surface area contributed by atoms with Gasteiger partial charge in [-0.15, -0.1) is 0 Å². The monoisotopic (exact) mass is 508 g/mol. The van der Waals surface area contributed by atoms with Gasteiger partial charge in [-0.1, -0.05) is 23.9 Å². The highest BCUT2D eigenvalue weighted by Gasteiger charge is 2.70. The van der Waals surface area contributed by atoms with Crippen molar-refractivity contribution < 1.29 is 18.3 Å². The van der Waals surface area contributed by atoms with E-state index in [4.69, 9.17) is 17.0 Å². The Morgan fingerprint density at radius 3 is 2.81 bits per heavy atom. The van der Waals surface area contributed by atoms with Crippen molar-refractivity contribution in [3.05, 3.63) is 70.6 Å². The van der Waals surface area contributed by atoms with Crippen LogP contribution in [-0.4, -0.2) is 33.9 Å². The summed E-state index contributed by atoms with van der Waals surface area (Å²) >= 11 is 1.30. The highest BCUT2D eigenvalue weighted by atomic mass is 32.2. The number of amidine groups is 1. The van der Waals surface area contributed by atoms with Crippen LogP contribution in [0.1, 0.15) is 49.4 Å². The molecule has 0 unspecified atom stereocenters. The lowest BCUT2D eigenvalue weighted by molar-refractivity contribution is -0.121. The Labute approximate surface area is 212 Å². The number of nitrogens with zero attached hydrogens (tertiary/aromatic N) is 3. The van der Waals surface area contributed by atoms with Crippen LogP contribution in [0.3, 0.4) is 0 Å². The molecule has 3 heterocycles. The van der Waals surface area contributed by atoms with E-state index in [1.165, 1.54) is 48.3 Å². The number of fused-ring (bicyclic) bond motifs is 1. The number of hydrogen-bond acceptors (Lipinski definition) is 6. The number of ether oxygens (including phenoxy) is 1. The smallest absolute Gasteiger partial charge is 0.205 e. The maximum Gasteiger partial charge on any atom is 0.205 e. The van der Waals surface area contributed by atoms with Gasteiger partial charge < -0.3 is 10.5 Å². The third-order valence-corrected chi connectivity index (χ3v) is 8.80. The van der Waals surface area contributed by atoms with E-state index >= 15 is 4.39 Å². The molecule has 6 nitrogen and oxygen atoms in total. The van der Waals surface area contributed by atoms with Crippen molar-refractivity contribution in [2.75, 3.05) is 13.2 Å². The number of ketones is 1. The van der Waals surface area contributed by atoms with Crippen molar-refractivity contribution in [2.45, 2.75) is 42.9 Å². The maximum absolute atomic E-state index is 15.2. The normalized spacial score (nSPS) is 28.1. The molecule has 0 spiro atoms. The van der Waals surface area contributed by atoms with Crippen molar-refractivity contribution in [1.82, 2.24) is 4.98 Å². The van der Waals surface area contributed by atoms with E-state index in [1.54, 1.807) is 13.0 Å². The molecule has 2 fully saturated rings. The summed E-state index contributed by atoms with van der Waals surface area (Å²) in [5.41, 5.74) is 6.28. The van der Waals surface area contributed by atoms with E-state index in [1.807, 2.05) is 0 Å². The van der Waals surface area contributed by atoms with Crippen molar-refractivity contribution in [2.24, 2.45) is 22.6 Å². The lowest BCUT2D eigenvalue weighted by Gasteiger charge is -2.34. The minimum absolute atomic E-state index is 0.0794. The second-order valence-corrected chi connectivity index (χ2v) is 11.1. The van der Waals surface area contributed by atoms with Crippen molar-refractivity contribution in [3.8, 4) is 0 Å². The minimum Gasteiger partial charge on any atom is -0.381 e. The fourth-order valence-corrected chi connectivity index (χ4v) is 6.79. The second-order valence-electron chi connectivity index (χ2n) is 9.77. The number of hydrogen-bond donors (Lipinski definition) is 1. The van der Waals surface area contributed by atoms with Gasteiger partial charge in [-0.25, -0.2) is 13.6 Å². The summed E-state index contributed by atoms with van der Waals surface area (Å²) in [5, 5.41) is 0.266. The van der Waals surface area contributed by atoms with Crippen molar-refractivity contribution in [1.29, 1.82) is 0 Å². The lowest BCUT2D eigenvalue weighted by atomic mass is 9.83. The summed E-state index contributed by atoms with van der Waals surface area (Å²) < 4.78 is 34.8. The van der Waals surface area contributed by atoms with Crippen LogP contribution in [0.25, 0.3) is 16.7 Å². The Kier molecular flexibility index (Phi) is 6.43. The third-order valence-electron chi connectivity index (χ3n) is 7.46. The number of rotatable bonds is 6. The largest absolute Gasteiger partial charge is 0.381 e. The summed E-state index contributed by atoms with van der Waals surface area (Å²) in [7, 11) is 0. The molecule has 5 rings (SSSR count). The summed E-state index contributed by atoms with van der Waals surface area (Å²) in [4.78, 5) is 25.3. The molecule has 3 atom stereocenters. The average molecular weight is 509 g/mol. The van der Waals surface area contributed by atoms with Crippen molar-refractivity contribution >= 4 is 40.3 Å². The van der Waals surface area contributed by atoms with Crippen molar-refractivity contribution in [3.63, 3.8) is 0 Å². The molecule has 2 aromatic rings. The van der Waals surface area contributed by atoms with Crippen LogP contribution in [0, 0.1) is 24.2 Å². The highest BCUT2D eigenvalue weighted by Crippen LogP contribution is 2.66. The van der Waals surface area contributed by atoms with Crippen LogP contribution in [0.2, 0.25) is 0 Å². The molecule has 1 aromatic heterocycles. The summed E-state index contributed by atoms with van der Waals surface area (Å²) in [6, 6.07) is 7.26. The molecule has 0 amide bonds. The van der Waals surface area contributed by atoms with Crippen LogP contribution in [0.4, 0.5) is 14.5 Å². The molecule has 2 N–H and O–H groups in total. The molecule has 1 aromatic carbocycles. The van der Waals surface area contributed by atoms with Gasteiger partial charge in [0.2, 0.25) is 5.69 Å². The Hall–Kier alpha value is -3.09. The number of Topliss-reactive ketones (excluding diaryl/α,β-unsaturated/α-hetero) is 1. The molecular weight excluding hydrogens is 482 g/mol. The Balaban J connectivity index is 1.43. The van der Waals surface area contributed by atoms with E-state index in [-0.39, 0.29) is 28.1 Å². The first-order valence-electron chi connectivity index (χ1n) is 11.9. The van der Waals surface area contributed by atoms with Crippen LogP contribution >= 0.6 is 11.8 Å². The highest BCUT2D eigenvalue weighted by molar-refractivity contribution is 8.15. The zero-order valence-corrected chi connectivity index (χ0v) is 20.7. The number of aromatic nitrogens is 1. The van der Waals surface area contributed by atoms with E-state index in [2.05, 4.69) is 14.8 Å². The second kappa shape index (κ2) is 9.41. The third kappa shape index (κ3) is 4.44. The number of thioether (sulfide) groups is 1. The molecule has 1 aliphatic carbocycles. The van der Waals surface area contributed by atoms with Gasteiger partial charge >= 0.3 is 0 Å². The molecule has 3 aliphatic rings. The molecule has 1 saturated carbocycles. The van der Waals surface area contributed by atoms with Gasteiger partial charge in [0.25, 0.3) is 0 Å². The Morgan fingerprint density at radius 1 is 1.33 bits per heavy atom. The number of carbonyl (C=O) groups excluding carboxylic acids is 1.